The first-order valence-electron chi connectivity index (χ1n) is 13.3. The molecule has 1 saturated heterocycles. The molecule has 3 rings (SSSR count). The molecule has 6 nitrogen and oxygen atoms in total. The predicted octanol–water partition coefficient (Wildman–Crippen LogP) is 6.10. The molecule has 1 aromatic rings. The van der Waals surface area contributed by atoms with Crippen molar-refractivity contribution in [2.75, 3.05) is 11.4 Å². The highest BCUT2D eigenvalue weighted by atomic mass is 32.1. The van der Waals surface area contributed by atoms with Gasteiger partial charge >= 0.3 is 5.97 Å². The van der Waals surface area contributed by atoms with E-state index in [2.05, 4.69) is 18.8 Å². The molecule has 7 heteroatoms. The molecule has 2 heterocycles. The lowest BCUT2D eigenvalue weighted by molar-refractivity contribution is -0.136. The molecule has 1 aliphatic carbocycles. The fourth-order valence-corrected chi connectivity index (χ4v) is 6.22. The summed E-state index contributed by atoms with van der Waals surface area (Å²) < 4.78 is 0. The van der Waals surface area contributed by atoms with Gasteiger partial charge in [-0.25, -0.2) is 4.79 Å². The molecular formula is C29H42N2O4S. The Bertz CT molecular complexity index is 1050. The topological polar surface area (TPSA) is 77.9 Å². The Morgan fingerprint density at radius 1 is 1.11 bits per heavy atom. The number of carbonyl (C=O) groups is 3. The van der Waals surface area contributed by atoms with Crippen LogP contribution in [-0.4, -0.2) is 46.4 Å². The first-order chi connectivity index (χ1) is 16.8. The molecule has 0 bridgehead atoms. The zero-order valence-corrected chi connectivity index (χ0v) is 23.8. The van der Waals surface area contributed by atoms with Gasteiger partial charge in [0.2, 0.25) is 11.8 Å². The summed E-state index contributed by atoms with van der Waals surface area (Å²) in [5.41, 5.74) is 0.807. The molecule has 198 valence electrons. The van der Waals surface area contributed by atoms with Gasteiger partial charge in [-0.3, -0.25) is 14.5 Å². The van der Waals surface area contributed by atoms with Crippen molar-refractivity contribution in [2.45, 2.75) is 105 Å². The first kappa shape index (κ1) is 28.2. The van der Waals surface area contributed by atoms with Gasteiger partial charge in [0.15, 0.2) is 0 Å². The number of likely N-dealkylation sites (tertiary alicyclic amines) is 1. The number of aromatic carboxylic acids is 1. The van der Waals surface area contributed by atoms with Gasteiger partial charge in [0.25, 0.3) is 0 Å². The van der Waals surface area contributed by atoms with Crippen molar-refractivity contribution >= 4 is 34.8 Å². The molecule has 1 saturated carbocycles. The molecule has 0 spiro atoms. The highest BCUT2D eigenvalue weighted by Gasteiger charge is 2.42. The number of anilines is 1. The molecule has 1 aromatic heterocycles. The fourth-order valence-electron chi connectivity index (χ4n) is 5.22. The summed E-state index contributed by atoms with van der Waals surface area (Å²) >= 11 is 1.11. The highest BCUT2D eigenvalue weighted by molar-refractivity contribution is 7.15. The van der Waals surface area contributed by atoms with Crippen LogP contribution >= 0.6 is 11.3 Å². The van der Waals surface area contributed by atoms with E-state index in [1.807, 2.05) is 46.4 Å². The summed E-state index contributed by atoms with van der Waals surface area (Å²) in [5.74, 6) is 5.49. The first-order valence-corrected chi connectivity index (χ1v) is 14.2. The number of hydrogen-bond acceptors (Lipinski definition) is 4. The Hall–Kier alpha value is -2.33. The summed E-state index contributed by atoms with van der Waals surface area (Å²) in [6, 6.07) is -0.683. The van der Waals surface area contributed by atoms with Crippen molar-refractivity contribution in [3.63, 3.8) is 0 Å². The molecule has 2 aliphatic rings. The van der Waals surface area contributed by atoms with Crippen molar-refractivity contribution in [1.29, 1.82) is 0 Å². The zero-order chi connectivity index (χ0) is 26.8. The number of carboxylic acids is 1. The van der Waals surface area contributed by atoms with E-state index in [9.17, 15) is 19.5 Å². The zero-order valence-electron chi connectivity index (χ0n) is 22.9. The molecule has 36 heavy (non-hydrogen) atoms. The van der Waals surface area contributed by atoms with Gasteiger partial charge < -0.3 is 10.0 Å². The highest BCUT2D eigenvalue weighted by Crippen LogP contribution is 2.41. The minimum atomic E-state index is -1.08. The second-order valence-corrected chi connectivity index (χ2v) is 12.9. The van der Waals surface area contributed by atoms with Crippen LogP contribution in [-0.2, 0) is 9.59 Å². The number of nitrogens with zero attached hydrogens (tertiary/aromatic N) is 2. The third-order valence-corrected chi connectivity index (χ3v) is 8.52. The van der Waals surface area contributed by atoms with E-state index in [-0.39, 0.29) is 34.1 Å². The Morgan fingerprint density at radius 3 is 2.31 bits per heavy atom. The van der Waals surface area contributed by atoms with Crippen molar-refractivity contribution in [1.82, 2.24) is 4.90 Å². The lowest BCUT2D eigenvalue weighted by atomic mass is 9.82. The van der Waals surface area contributed by atoms with E-state index in [0.717, 1.165) is 49.9 Å². The molecule has 0 aromatic carbocycles. The van der Waals surface area contributed by atoms with Gasteiger partial charge in [-0.15, -0.1) is 11.3 Å². The van der Waals surface area contributed by atoms with Crippen molar-refractivity contribution in [3.05, 3.63) is 15.3 Å². The largest absolute Gasteiger partial charge is 0.477 e. The van der Waals surface area contributed by atoms with Crippen molar-refractivity contribution < 1.29 is 19.5 Å². The van der Waals surface area contributed by atoms with Crippen LogP contribution in [0.25, 0.3) is 0 Å². The maximum absolute atomic E-state index is 14.2. The van der Waals surface area contributed by atoms with Gasteiger partial charge in [0, 0.05) is 29.5 Å². The summed E-state index contributed by atoms with van der Waals surface area (Å²) in [7, 11) is 0. The Balaban J connectivity index is 2.18. The third-order valence-electron chi connectivity index (χ3n) is 7.33. The van der Waals surface area contributed by atoms with Gasteiger partial charge in [0.1, 0.15) is 10.9 Å². The SMILES string of the molecule is Cc1c(C#CC(C)(C)C)sc(C(=O)O)c1N(C(=O)[C@H]1CC[C@H](C)CC1)[C@H]1CCCCN(C(C)C)C1=O. The summed E-state index contributed by atoms with van der Waals surface area (Å²) in [5, 5.41) is 10.2. The monoisotopic (exact) mass is 514 g/mol. The molecule has 1 aliphatic heterocycles. The minimum absolute atomic E-state index is 0.0151. The van der Waals surface area contributed by atoms with E-state index < -0.39 is 12.0 Å². The van der Waals surface area contributed by atoms with Crippen LogP contribution in [0, 0.1) is 36.0 Å². The Morgan fingerprint density at radius 2 is 1.75 bits per heavy atom. The molecule has 2 fully saturated rings. The molecule has 1 N–H and O–H groups in total. The van der Waals surface area contributed by atoms with Crippen LogP contribution < -0.4 is 4.90 Å². The van der Waals surface area contributed by atoms with Crippen LogP contribution in [0.1, 0.15) is 107 Å². The van der Waals surface area contributed by atoms with E-state index in [1.54, 1.807) is 4.90 Å². The lowest BCUT2D eigenvalue weighted by Crippen LogP contribution is -2.54. The third kappa shape index (κ3) is 6.32. The molecule has 1 atom stereocenters. The predicted molar refractivity (Wildman–Crippen MR) is 145 cm³/mol. The average Bonchev–Trinajstić information content (AvgIpc) is 2.99. The van der Waals surface area contributed by atoms with Gasteiger partial charge in [-0.1, -0.05) is 18.8 Å². The smallest absolute Gasteiger partial charge is 0.348 e. The van der Waals surface area contributed by atoms with Crippen LogP contribution in [0.3, 0.4) is 0 Å². The van der Waals surface area contributed by atoms with E-state index in [0.29, 0.717) is 35.0 Å². The maximum atomic E-state index is 14.2. The second kappa shape index (κ2) is 11.4. The van der Waals surface area contributed by atoms with Crippen molar-refractivity contribution in [2.24, 2.45) is 17.3 Å². The van der Waals surface area contributed by atoms with E-state index in [1.165, 1.54) is 0 Å². The van der Waals surface area contributed by atoms with Gasteiger partial charge in [0.05, 0.1) is 10.6 Å². The van der Waals surface area contributed by atoms with Gasteiger partial charge in [-0.05, 0) is 92.4 Å². The van der Waals surface area contributed by atoms with Gasteiger partial charge in [-0.2, -0.15) is 0 Å². The number of thiophene rings is 1. The minimum Gasteiger partial charge on any atom is -0.477 e. The van der Waals surface area contributed by atoms with E-state index >= 15 is 0 Å². The quantitative estimate of drug-likeness (QED) is 0.482. The van der Waals surface area contributed by atoms with E-state index in [4.69, 9.17) is 0 Å². The number of amides is 2. The van der Waals surface area contributed by atoms with Crippen LogP contribution in [0.5, 0.6) is 0 Å². The maximum Gasteiger partial charge on any atom is 0.348 e. The number of carbonyl (C=O) groups excluding carboxylic acids is 2. The molecule has 0 unspecified atom stereocenters. The van der Waals surface area contributed by atoms with Crippen LogP contribution in [0.4, 0.5) is 5.69 Å². The number of carboxylic acid groups (broad SMARTS) is 1. The van der Waals surface area contributed by atoms with Crippen molar-refractivity contribution in [3.8, 4) is 11.8 Å². The standard InChI is InChI=1S/C29H42N2O4S/c1-18(2)30-17-9-8-10-22(27(30)33)31(26(32)21-13-11-19(3)12-14-21)24-20(4)23(15-16-29(5,6)7)36-25(24)28(34)35/h18-19,21-22H,8-14,17H2,1-7H3,(H,34,35)/t19-,21-,22-/m0/s1. The molecule has 2 amide bonds. The normalized spacial score (nSPS) is 23.2. The second-order valence-electron chi connectivity index (χ2n) is 11.8. The Kier molecular flexibility index (Phi) is 8.93. The van der Waals surface area contributed by atoms with Crippen LogP contribution in [0.15, 0.2) is 0 Å². The number of hydrogen-bond donors (Lipinski definition) is 1. The average molecular weight is 515 g/mol. The summed E-state index contributed by atoms with van der Waals surface area (Å²) in [4.78, 5) is 44.7. The molecule has 0 radical (unpaired) electrons. The lowest BCUT2D eigenvalue weighted by Gasteiger charge is -2.38. The fraction of sp³-hybridized carbons (Fsp3) is 0.690. The summed E-state index contributed by atoms with van der Waals surface area (Å²) in [6.07, 6.45) is 5.71. The Labute approximate surface area is 220 Å². The summed E-state index contributed by atoms with van der Waals surface area (Å²) in [6.45, 7) is 14.7. The van der Waals surface area contributed by atoms with Crippen LogP contribution in [0.2, 0.25) is 0 Å². The molecular weight excluding hydrogens is 472 g/mol. The number of rotatable bonds is 5.